The van der Waals surface area contributed by atoms with E-state index in [0.29, 0.717) is 12.0 Å². The van der Waals surface area contributed by atoms with E-state index in [1.54, 1.807) is 0 Å². The van der Waals surface area contributed by atoms with E-state index in [-0.39, 0.29) is 0 Å². The molecule has 0 saturated heterocycles. The molecule has 0 aliphatic heterocycles. The first kappa shape index (κ1) is 9.22. The third-order valence-corrected chi connectivity index (χ3v) is 3.02. The fourth-order valence-electron chi connectivity index (χ4n) is 2.16. The lowest BCUT2D eigenvalue weighted by Gasteiger charge is -2.20. The average Bonchev–Trinajstić information content (AvgIpc) is 2.76. The summed E-state index contributed by atoms with van der Waals surface area (Å²) in [6, 6.07) is 0.319. The zero-order valence-electron chi connectivity index (χ0n) is 8.45. The van der Waals surface area contributed by atoms with Crippen LogP contribution < -0.4 is 5.73 Å². The van der Waals surface area contributed by atoms with Crippen molar-refractivity contribution < 1.29 is 0 Å². The molecule has 0 aromatic heterocycles. The minimum absolute atomic E-state index is 0.319. The summed E-state index contributed by atoms with van der Waals surface area (Å²) in [6.07, 6.45) is 8.48. The fourth-order valence-corrected chi connectivity index (χ4v) is 2.16. The summed E-state index contributed by atoms with van der Waals surface area (Å²) in [5.74, 6) is 1.71. The molecule has 0 radical (unpaired) electrons. The summed E-state index contributed by atoms with van der Waals surface area (Å²) < 4.78 is 0. The van der Waals surface area contributed by atoms with Crippen LogP contribution in [0.1, 0.15) is 19.3 Å². The number of nitrogens with two attached hydrogens (primary N) is 1. The van der Waals surface area contributed by atoms with Crippen LogP contribution >= 0.6 is 0 Å². The predicted molar refractivity (Wildman–Crippen MR) is 55.4 cm³/mol. The molecule has 74 valence electrons. The molecule has 2 aliphatic rings. The lowest BCUT2D eigenvalue weighted by molar-refractivity contribution is 0.285. The van der Waals surface area contributed by atoms with E-state index in [0.717, 1.165) is 12.3 Å². The zero-order chi connectivity index (χ0) is 9.26. The third-order valence-electron chi connectivity index (χ3n) is 3.02. The highest BCUT2D eigenvalue weighted by Crippen LogP contribution is 2.29. The summed E-state index contributed by atoms with van der Waals surface area (Å²) in [7, 11) is 2.23. The summed E-state index contributed by atoms with van der Waals surface area (Å²) >= 11 is 0. The molecule has 2 N–H and O–H groups in total. The van der Waals surface area contributed by atoms with Crippen LogP contribution in [-0.4, -0.2) is 31.1 Å². The molecule has 2 heteroatoms. The van der Waals surface area contributed by atoms with Crippen molar-refractivity contribution >= 4 is 0 Å². The summed E-state index contributed by atoms with van der Waals surface area (Å²) in [5.41, 5.74) is 5.81. The number of hydrogen-bond acceptors (Lipinski definition) is 2. The SMILES string of the molecule is CN(CC1C=CC(N)C1)CC1CC1. The van der Waals surface area contributed by atoms with E-state index >= 15 is 0 Å². The summed E-state index contributed by atoms with van der Waals surface area (Å²) in [5, 5.41) is 0. The Morgan fingerprint density at radius 2 is 2.08 bits per heavy atom. The van der Waals surface area contributed by atoms with Crippen LogP contribution in [0.2, 0.25) is 0 Å². The normalized spacial score (nSPS) is 33.2. The first-order valence-corrected chi connectivity index (χ1v) is 5.36. The van der Waals surface area contributed by atoms with E-state index in [9.17, 15) is 0 Å². The van der Waals surface area contributed by atoms with Gasteiger partial charge in [0.15, 0.2) is 0 Å². The van der Waals surface area contributed by atoms with Gasteiger partial charge in [0.2, 0.25) is 0 Å². The van der Waals surface area contributed by atoms with Crippen molar-refractivity contribution in [1.82, 2.24) is 4.90 Å². The lowest BCUT2D eigenvalue weighted by atomic mass is 10.1. The third kappa shape index (κ3) is 2.82. The van der Waals surface area contributed by atoms with Gasteiger partial charge in [-0.25, -0.2) is 0 Å². The first-order chi connectivity index (χ1) is 6.24. The molecule has 0 bridgehead atoms. The molecule has 2 atom stereocenters. The fraction of sp³-hybridized carbons (Fsp3) is 0.818. The molecular weight excluding hydrogens is 160 g/mol. The van der Waals surface area contributed by atoms with Gasteiger partial charge in [-0.1, -0.05) is 12.2 Å². The van der Waals surface area contributed by atoms with Crippen molar-refractivity contribution in [1.29, 1.82) is 0 Å². The van der Waals surface area contributed by atoms with Gasteiger partial charge in [0.05, 0.1) is 0 Å². The van der Waals surface area contributed by atoms with Crippen LogP contribution in [0.15, 0.2) is 12.2 Å². The first-order valence-electron chi connectivity index (χ1n) is 5.36. The van der Waals surface area contributed by atoms with Gasteiger partial charge in [0.1, 0.15) is 0 Å². The van der Waals surface area contributed by atoms with Gasteiger partial charge >= 0.3 is 0 Å². The highest BCUT2D eigenvalue weighted by molar-refractivity contribution is 5.05. The van der Waals surface area contributed by atoms with Crippen LogP contribution in [0.25, 0.3) is 0 Å². The van der Waals surface area contributed by atoms with Gasteiger partial charge in [-0.05, 0) is 38.1 Å². The maximum absolute atomic E-state index is 5.81. The molecule has 1 fully saturated rings. The molecule has 0 spiro atoms. The van der Waals surface area contributed by atoms with E-state index in [2.05, 4.69) is 24.1 Å². The van der Waals surface area contributed by atoms with Gasteiger partial charge in [-0.15, -0.1) is 0 Å². The number of rotatable bonds is 4. The monoisotopic (exact) mass is 180 g/mol. The van der Waals surface area contributed by atoms with Crippen LogP contribution in [0.5, 0.6) is 0 Å². The minimum atomic E-state index is 0.319. The van der Waals surface area contributed by atoms with Gasteiger partial charge in [-0.2, -0.15) is 0 Å². The topological polar surface area (TPSA) is 29.3 Å². The second-order valence-corrected chi connectivity index (χ2v) is 4.71. The van der Waals surface area contributed by atoms with Crippen LogP contribution in [0.3, 0.4) is 0 Å². The molecule has 0 aromatic rings. The van der Waals surface area contributed by atoms with Crippen LogP contribution in [0, 0.1) is 11.8 Å². The maximum Gasteiger partial charge on any atom is 0.0229 e. The van der Waals surface area contributed by atoms with Crippen LogP contribution in [0.4, 0.5) is 0 Å². The molecule has 2 rings (SSSR count). The second-order valence-electron chi connectivity index (χ2n) is 4.71. The molecule has 0 aromatic carbocycles. The highest BCUT2D eigenvalue weighted by atomic mass is 15.1. The van der Waals surface area contributed by atoms with Crippen LogP contribution in [-0.2, 0) is 0 Å². The number of nitrogens with zero attached hydrogens (tertiary/aromatic N) is 1. The largest absolute Gasteiger partial charge is 0.324 e. The molecular formula is C11H20N2. The minimum Gasteiger partial charge on any atom is -0.324 e. The molecule has 2 unspecified atom stereocenters. The Kier molecular flexibility index (Phi) is 2.70. The van der Waals surface area contributed by atoms with Gasteiger partial charge < -0.3 is 10.6 Å². The summed E-state index contributed by atoms with van der Waals surface area (Å²) in [6.45, 7) is 2.49. The molecule has 13 heavy (non-hydrogen) atoms. The lowest BCUT2D eigenvalue weighted by Crippen LogP contribution is -2.27. The molecule has 2 aliphatic carbocycles. The van der Waals surface area contributed by atoms with Gasteiger partial charge in [0, 0.05) is 19.1 Å². The van der Waals surface area contributed by atoms with Crippen molar-refractivity contribution in [3.8, 4) is 0 Å². The van der Waals surface area contributed by atoms with E-state index in [1.165, 1.54) is 25.9 Å². The Balaban J connectivity index is 1.68. The maximum atomic E-state index is 5.81. The standard InChI is InChI=1S/C11H20N2/c1-13(7-9-2-3-9)8-10-4-5-11(12)6-10/h4-5,9-11H,2-3,6-8,12H2,1H3. The Morgan fingerprint density at radius 3 is 2.62 bits per heavy atom. The Hall–Kier alpha value is -0.340. The average molecular weight is 180 g/mol. The molecule has 0 amide bonds. The molecule has 1 saturated carbocycles. The Bertz CT molecular complexity index is 196. The van der Waals surface area contributed by atoms with Gasteiger partial charge in [0.25, 0.3) is 0 Å². The van der Waals surface area contributed by atoms with Crippen molar-refractivity contribution in [2.45, 2.75) is 25.3 Å². The summed E-state index contributed by atoms with van der Waals surface area (Å²) in [4.78, 5) is 2.46. The Morgan fingerprint density at radius 1 is 1.31 bits per heavy atom. The predicted octanol–water partition coefficient (Wildman–Crippen LogP) is 1.23. The number of hydrogen-bond donors (Lipinski definition) is 1. The van der Waals surface area contributed by atoms with Crippen molar-refractivity contribution in [3.63, 3.8) is 0 Å². The van der Waals surface area contributed by atoms with Crippen molar-refractivity contribution in [2.75, 3.05) is 20.1 Å². The Labute approximate surface area is 80.8 Å². The smallest absolute Gasteiger partial charge is 0.0229 e. The second kappa shape index (κ2) is 3.81. The molecule has 2 nitrogen and oxygen atoms in total. The van der Waals surface area contributed by atoms with E-state index in [4.69, 9.17) is 5.73 Å². The quantitative estimate of drug-likeness (QED) is 0.659. The van der Waals surface area contributed by atoms with E-state index < -0.39 is 0 Å². The van der Waals surface area contributed by atoms with Crippen molar-refractivity contribution in [2.24, 2.45) is 17.6 Å². The van der Waals surface area contributed by atoms with E-state index in [1.807, 2.05) is 0 Å². The molecule has 0 heterocycles. The van der Waals surface area contributed by atoms with Crippen molar-refractivity contribution in [3.05, 3.63) is 12.2 Å². The van der Waals surface area contributed by atoms with Gasteiger partial charge in [-0.3, -0.25) is 0 Å². The zero-order valence-corrected chi connectivity index (χ0v) is 8.45. The highest BCUT2D eigenvalue weighted by Gasteiger charge is 2.24.